The van der Waals surface area contributed by atoms with Gasteiger partial charge in [0.25, 0.3) is 0 Å². The molecule has 0 bridgehead atoms. The first kappa shape index (κ1) is 11.1. The fourth-order valence-electron chi connectivity index (χ4n) is 1.87. The van der Waals surface area contributed by atoms with Crippen LogP contribution in [0, 0.1) is 5.82 Å². The van der Waals surface area contributed by atoms with Crippen molar-refractivity contribution >= 4 is 28.1 Å². The molecule has 0 saturated heterocycles. The van der Waals surface area contributed by atoms with E-state index in [0.29, 0.717) is 11.3 Å². The van der Waals surface area contributed by atoms with Crippen LogP contribution in [0.4, 0.5) is 10.2 Å². The number of nitrogens with two attached hydrogens (primary N) is 1. The second kappa shape index (κ2) is 4.36. The van der Waals surface area contributed by atoms with Crippen molar-refractivity contribution in [3.63, 3.8) is 0 Å². The molecule has 5 heteroatoms. The van der Waals surface area contributed by atoms with Crippen molar-refractivity contribution in [1.29, 1.82) is 0 Å². The maximum atomic E-state index is 13.2. The summed E-state index contributed by atoms with van der Waals surface area (Å²) in [7, 11) is 0. The highest BCUT2D eigenvalue weighted by molar-refractivity contribution is 7.13. The predicted octanol–water partition coefficient (Wildman–Crippen LogP) is 3.39. The molecule has 3 N–H and O–H groups in total. The molecule has 0 spiro atoms. The Bertz CT molecular complexity index is 695. The van der Waals surface area contributed by atoms with Crippen LogP contribution < -0.4 is 11.3 Å². The summed E-state index contributed by atoms with van der Waals surface area (Å²) < 4.78 is 13.2. The van der Waals surface area contributed by atoms with Crippen molar-refractivity contribution in [2.24, 2.45) is 5.84 Å². The smallest absolute Gasteiger partial charge is 0.149 e. The molecule has 0 fully saturated rings. The highest BCUT2D eigenvalue weighted by atomic mass is 32.1. The molecule has 18 heavy (non-hydrogen) atoms. The van der Waals surface area contributed by atoms with Crippen LogP contribution >= 0.6 is 11.3 Å². The van der Waals surface area contributed by atoms with E-state index in [1.807, 2.05) is 23.6 Å². The first-order valence-corrected chi connectivity index (χ1v) is 6.27. The number of hydrogen-bond acceptors (Lipinski definition) is 4. The molecule has 0 aliphatic carbocycles. The van der Waals surface area contributed by atoms with Crippen LogP contribution in [0.3, 0.4) is 0 Å². The Labute approximate surface area is 107 Å². The average molecular weight is 259 g/mol. The second-order valence-corrected chi connectivity index (χ2v) is 4.79. The number of aromatic nitrogens is 1. The van der Waals surface area contributed by atoms with Gasteiger partial charge in [-0.05, 0) is 29.6 Å². The lowest BCUT2D eigenvalue weighted by Crippen LogP contribution is -2.09. The number of nitrogens with zero attached hydrogens (tertiary/aromatic N) is 1. The Morgan fingerprint density at radius 2 is 2.11 bits per heavy atom. The SMILES string of the molecule is NNc1nc2cc(F)ccc2cc1-c1cccs1. The largest absolute Gasteiger partial charge is 0.308 e. The van der Waals surface area contributed by atoms with Crippen LogP contribution in [0.5, 0.6) is 0 Å². The molecule has 3 rings (SSSR count). The van der Waals surface area contributed by atoms with Crippen LogP contribution in [-0.4, -0.2) is 4.98 Å². The summed E-state index contributed by atoms with van der Waals surface area (Å²) in [6, 6.07) is 10.5. The molecule has 90 valence electrons. The van der Waals surface area contributed by atoms with E-state index in [1.165, 1.54) is 12.1 Å². The summed E-state index contributed by atoms with van der Waals surface area (Å²) in [5.41, 5.74) is 4.08. The molecule has 0 saturated carbocycles. The normalized spacial score (nSPS) is 10.8. The van der Waals surface area contributed by atoms with E-state index in [1.54, 1.807) is 17.4 Å². The van der Waals surface area contributed by atoms with Crippen LogP contribution in [0.15, 0.2) is 41.8 Å². The van der Waals surface area contributed by atoms with Gasteiger partial charge in [0.1, 0.15) is 11.6 Å². The first-order valence-electron chi connectivity index (χ1n) is 5.39. The number of hydrazine groups is 1. The summed E-state index contributed by atoms with van der Waals surface area (Å²) in [5, 5.41) is 2.88. The molecular weight excluding hydrogens is 249 g/mol. The van der Waals surface area contributed by atoms with Crippen molar-refractivity contribution in [2.75, 3.05) is 5.43 Å². The van der Waals surface area contributed by atoms with E-state index < -0.39 is 0 Å². The Hall–Kier alpha value is -1.98. The molecule has 1 aromatic carbocycles. The molecule has 3 aromatic rings. The number of benzene rings is 1. The standard InChI is InChI=1S/C13H10FN3S/c14-9-4-3-8-6-10(12-2-1-5-18-12)13(17-15)16-11(8)7-9/h1-7H,15H2,(H,16,17). The van der Waals surface area contributed by atoms with Gasteiger partial charge in [-0.15, -0.1) is 11.3 Å². The van der Waals surface area contributed by atoms with Gasteiger partial charge in [-0.1, -0.05) is 6.07 Å². The van der Waals surface area contributed by atoms with Gasteiger partial charge in [-0.25, -0.2) is 15.2 Å². The van der Waals surface area contributed by atoms with E-state index in [0.717, 1.165) is 15.8 Å². The van der Waals surface area contributed by atoms with Gasteiger partial charge < -0.3 is 5.43 Å². The number of hydrogen-bond donors (Lipinski definition) is 2. The number of fused-ring (bicyclic) bond motifs is 1. The van der Waals surface area contributed by atoms with Gasteiger partial charge in [0.15, 0.2) is 0 Å². The number of anilines is 1. The third kappa shape index (κ3) is 1.83. The zero-order valence-electron chi connectivity index (χ0n) is 9.35. The number of rotatable bonds is 2. The highest BCUT2D eigenvalue weighted by Crippen LogP contribution is 2.32. The maximum Gasteiger partial charge on any atom is 0.149 e. The van der Waals surface area contributed by atoms with Gasteiger partial charge in [0.2, 0.25) is 0 Å². The molecule has 3 nitrogen and oxygen atoms in total. The highest BCUT2D eigenvalue weighted by Gasteiger charge is 2.09. The molecule has 2 aromatic heterocycles. The van der Waals surface area contributed by atoms with E-state index in [9.17, 15) is 4.39 Å². The summed E-state index contributed by atoms with van der Waals surface area (Å²) in [6.07, 6.45) is 0. The fourth-order valence-corrected chi connectivity index (χ4v) is 2.61. The zero-order chi connectivity index (χ0) is 12.5. The van der Waals surface area contributed by atoms with Gasteiger partial charge in [0, 0.05) is 21.9 Å². The van der Waals surface area contributed by atoms with Crippen LogP contribution in [0.2, 0.25) is 0 Å². The predicted molar refractivity (Wildman–Crippen MR) is 72.8 cm³/mol. The van der Waals surface area contributed by atoms with E-state index in [4.69, 9.17) is 5.84 Å². The third-order valence-corrected chi connectivity index (χ3v) is 3.61. The Morgan fingerprint density at radius 3 is 2.83 bits per heavy atom. The zero-order valence-corrected chi connectivity index (χ0v) is 10.2. The van der Waals surface area contributed by atoms with Gasteiger partial charge in [-0.3, -0.25) is 0 Å². The summed E-state index contributed by atoms with van der Waals surface area (Å²) in [4.78, 5) is 5.41. The molecule has 0 atom stereocenters. The molecular formula is C13H10FN3S. The van der Waals surface area contributed by atoms with Crippen molar-refractivity contribution < 1.29 is 4.39 Å². The lowest BCUT2D eigenvalue weighted by atomic mass is 10.1. The minimum absolute atomic E-state index is 0.304. The van der Waals surface area contributed by atoms with Crippen molar-refractivity contribution in [3.8, 4) is 10.4 Å². The van der Waals surface area contributed by atoms with E-state index >= 15 is 0 Å². The minimum atomic E-state index is -0.304. The van der Waals surface area contributed by atoms with Gasteiger partial charge in [0.05, 0.1) is 5.52 Å². The number of halogens is 1. The quantitative estimate of drug-likeness (QED) is 0.548. The number of pyridine rings is 1. The Kier molecular flexibility index (Phi) is 2.70. The lowest BCUT2D eigenvalue weighted by molar-refractivity contribution is 0.629. The average Bonchev–Trinajstić information content (AvgIpc) is 2.90. The number of thiophene rings is 1. The summed E-state index contributed by atoms with van der Waals surface area (Å²) in [5.74, 6) is 5.73. The fraction of sp³-hybridized carbons (Fsp3) is 0. The summed E-state index contributed by atoms with van der Waals surface area (Å²) >= 11 is 1.61. The molecule has 2 heterocycles. The number of nitrogen functional groups attached to an aromatic ring is 1. The van der Waals surface area contributed by atoms with Crippen molar-refractivity contribution in [2.45, 2.75) is 0 Å². The number of nitrogens with one attached hydrogen (secondary N) is 1. The molecule has 0 aliphatic heterocycles. The Balaban J connectivity index is 2.28. The van der Waals surface area contributed by atoms with Crippen molar-refractivity contribution in [3.05, 3.63) is 47.6 Å². The third-order valence-electron chi connectivity index (χ3n) is 2.70. The maximum absolute atomic E-state index is 13.2. The minimum Gasteiger partial charge on any atom is -0.308 e. The van der Waals surface area contributed by atoms with Gasteiger partial charge >= 0.3 is 0 Å². The molecule has 0 amide bonds. The molecule has 0 aliphatic rings. The van der Waals surface area contributed by atoms with Gasteiger partial charge in [-0.2, -0.15) is 0 Å². The monoisotopic (exact) mass is 259 g/mol. The summed E-state index contributed by atoms with van der Waals surface area (Å²) in [6.45, 7) is 0. The Morgan fingerprint density at radius 1 is 1.22 bits per heavy atom. The van der Waals surface area contributed by atoms with E-state index in [2.05, 4.69) is 10.4 Å². The van der Waals surface area contributed by atoms with Crippen LogP contribution in [0.25, 0.3) is 21.3 Å². The molecule has 0 unspecified atom stereocenters. The van der Waals surface area contributed by atoms with Crippen LogP contribution in [0.1, 0.15) is 0 Å². The second-order valence-electron chi connectivity index (χ2n) is 3.84. The lowest BCUT2D eigenvalue weighted by Gasteiger charge is -2.08. The van der Waals surface area contributed by atoms with E-state index in [-0.39, 0.29) is 5.82 Å². The topological polar surface area (TPSA) is 50.9 Å². The first-order chi connectivity index (χ1) is 8.78. The van der Waals surface area contributed by atoms with Crippen molar-refractivity contribution in [1.82, 2.24) is 4.98 Å². The molecule has 0 radical (unpaired) electrons. The van der Waals surface area contributed by atoms with Crippen LogP contribution in [-0.2, 0) is 0 Å².